The number of benzene rings is 1. The van der Waals surface area contributed by atoms with E-state index in [9.17, 15) is 4.79 Å². The van der Waals surface area contributed by atoms with Gasteiger partial charge in [0.1, 0.15) is 0 Å². The van der Waals surface area contributed by atoms with Crippen LogP contribution >= 0.6 is 0 Å². The van der Waals surface area contributed by atoms with Crippen molar-refractivity contribution in [3.8, 4) is 0 Å². The molecule has 0 radical (unpaired) electrons. The zero-order chi connectivity index (χ0) is 13.1. The Labute approximate surface area is 109 Å². The summed E-state index contributed by atoms with van der Waals surface area (Å²) < 4.78 is 1.92. The maximum atomic E-state index is 12.0. The molecule has 19 heavy (non-hydrogen) atoms. The van der Waals surface area contributed by atoms with Crippen molar-refractivity contribution in [2.24, 2.45) is 0 Å². The highest BCUT2D eigenvalue weighted by atomic mass is 16.1. The highest BCUT2D eigenvalue weighted by Gasteiger charge is 2.06. The third-order valence-electron chi connectivity index (χ3n) is 2.92. The second-order valence-electron chi connectivity index (χ2n) is 4.23. The summed E-state index contributed by atoms with van der Waals surface area (Å²) in [6, 6.07) is 5.48. The van der Waals surface area contributed by atoms with Gasteiger partial charge < -0.3 is 9.88 Å². The molecule has 3 rings (SSSR count). The lowest BCUT2D eigenvalue weighted by atomic mass is 10.1. The van der Waals surface area contributed by atoms with Gasteiger partial charge in [-0.1, -0.05) is 6.07 Å². The van der Waals surface area contributed by atoms with Crippen LogP contribution in [0.5, 0.6) is 0 Å². The van der Waals surface area contributed by atoms with E-state index >= 15 is 0 Å². The van der Waals surface area contributed by atoms with Gasteiger partial charge in [-0.15, -0.1) is 0 Å². The first-order valence-electron chi connectivity index (χ1n) is 6.00. The van der Waals surface area contributed by atoms with Crippen molar-refractivity contribution in [1.82, 2.24) is 25.1 Å². The Morgan fingerprint density at radius 2 is 2.37 bits per heavy atom. The maximum Gasteiger partial charge on any atom is 0.251 e. The van der Waals surface area contributed by atoms with Crippen LogP contribution in [0.15, 0.2) is 43.1 Å². The first kappa shape index (κ1) is 11.5. The Morgan fingerprint density at radius 3 is 3.21 bits per heavy atom. The Bertz CT molecular complexity index is 686. The summed E-state index contributed by atoms with van der Waals surface area (Å²) in [5, 5.41) is 10.6. The molecule has 3 aromatic rings. The van der Waals surface area contributed by atoms with Crippen molar-refractivity contribution in [1.29, 1.82) is 0 Å². The van der Waals surface area contributed by atoms with Crippen LogP contribution in [0.4, 0.5) is 0 Å². The smallest absolute Gasteiger partial charge is 0.251 e. The SMILES string of the molecule is O=C(NCCn1ccnc1)c1ccc2cn[nH]c2c1. The van der Waals surface area contributed by atoms with Crippen LogP contribution in [-0.4, -0.2) is 32.2 Å². The highest BCUT2D eigenvalue weighted by molar-refractivity contribution is 5.97. The van der Waals surface area contributed by atoms with Gasteiger partial charge in [-0.3, -0.25) is 9.89 Å². The fourth-order valence-electron chi connectivity index (χ4n) is 1.90. The molecule has 1 amide bonds. The summed E-state index contributed by atoms with van der Waals surface area (Å²) in [6.07, 6.45) is 7.04. The monoisotopic (exact) mass is 255 g/mol. The first-order chi connectivity index (χ1) is 9.33. The molecule has 0 unspecified atom stereocenters. The molecule has 1 aromatic carbocycles. The third kappa shape index (κ3) is 2.47. The molecule has 0 aliphatic heterocycles. The van der Waals surface area contributed by atoms with Gasteiger partial charge in [0.25, 0.3) is 5.91 Å². The molecular weight excluding hydrogens is 242 g/mol. The lowest BCUT2D eigenvalue weighted by Gasteiger charge is -2.05. The number of amides is 1. The van der Waals surface area contributed by atoms with E-state index in [1.807, 2.05) is 16.8 Å². The zero-order valence-electron chi connectivity index (χ0n) is 10.2. The van der Waals surface area contributed by atoms with Gasteiger partial charge in [0.2, 0.25) is 0 Å². The summed E-state index contributed by atoms with van der Waals surface area (Å²) >= 11 is 0. The molecule has 0 aliphatic carbocycles. The van der Waals surface area contributed by atoms with Crippen molar-refractivity contribution >= 4 is 16.8 Å². The number of carbonyl (C=O) groups excluding carboxylic acids is 1. The molecule has 0 fully saturated rings. The summed E-state index contributed by atoms with van der Waals surface area (Å²) in [6.45, 7) is 1.27. The predicted molar refractivity (Wildman–Crippen MR) is 70.7 cm³/mol. The maximum absolute atomic E-state index is 12.0. The van der Waals surface area contributed by atoms with E-state index in [2.05, 4.69) is 20.5 Å². The molecule has 6 heteroatoms. The molecule has 0 bridgehead atoms. The van der Waals surface area contributed by atoms with E-state index in [1.165, 1.54) is 0 Å². The predicted octanol–water partition coefficient (Wildman–Crippen LogP) is 1.19. The number of H-pyrrole nitrogens is 1. The van der Waals surface area contributed by atoms with Gasteiger partial charge in [-0.25, -0.2) is 4.98 Å². The van der Waals surface area contributed by atoms with Crippen LogP contribution in [0.3, 0.4) is 0 Å². The van der Waals surface area contributed by atoms with Crippen LogP contribution in [0, 0.1) is 0 Å². The summed E-state index contributed by atoms with van der Waals surface area (Å²) in [5.41, 5.74) is 1.49. The number of nitrogens with one attached hydrogen (secondary N) is 2. The Morgan fingerprint density at radius 1 is 1.42 bits per heavy atom. The summed E-state index contributed by atoms with van der Waals surface area (Å²) in [7, 11) is 0. The Kier molecular flexibility index (Phi) is 2.97. The van der Waals surface area contributed by atoms with Gasteiger partial charge in [0.05, 0.1) is 18.0 Å². The molecule has 2 aromatic heterocycles. The number of carbonyl (C=O) groups is 1. The number of fused-ring (bicyclic) bond motifs is 1. The third-order valence-corrected chi connectivity index (χ3v) is 2.92. The lowest BCUT2D eigenvalue weighted by Crippen LogP contribution is -2.26. The Balaban J connectivity index is 1.63. The molecule has 0 saturated heterocycles. The van der Waals surface area contributed by atoms with Crippen molar-refractivity contribution < 1.29 is 4.79 Å². The highest BCUT2D eigenvalue weighted by Crippen LogP contribution is 2.12. The number of aromatic amines is 1. The van der Waals surface area contributed by atoms with Crippen LogP contribution in [0.2, 0.25) is 0 Å². The lowest BCUT2D eigenvalue weighted by molar-refractivity contribution is 0.0952. The standard InChI is InChI=1S/C13H13N5O/c19-13(15-4-6-18-5-3-14-9-18)10-1-2-11-8-16-17-12(11)7-10/h1-3,5,7-9H,4,6H2,(H,15,19)(H,16,17). The van der Waals surface area contributed by atoms with E-state index < -0.39 is 0 Å². The van der Waals surface area contributed by atoms with E-state index in [4.69, 9.17) is 0 Å². The van der Waals surface area contributed by atoms with Gasteiger partial charge in [0, 0.05) is 36.4 Å². The van der Waals surface area contributed by atoms with Crippen molar-refractivity contribution in [3.63, 3.8) is 0 Å². The van der Waals surface area contributed by atoms with E-state index in [-0.39, 0.29) is 5.91 Å². The number of hydrogen-bond acceptors (Lipinski definition) is 3. The molecular formula is C13H13N5O. The first-order valence-corrected chi connectivity index (χ1v) is 6.00. The molecule has 2 N–H and O–H groups in total. The molecule has 2 heterocycles. The minimum absolute atomic E-state index is 0.0865. The van der Waals surface area contributed by atoms with E-state index in [0.717, 1.165) is 10.9 Å². The van der Waals surface area contributed by atoms with Gasteiger partial charge in [-0.2, -0.15) is 5.10 Å². The van der Waals surface area contributed by atoms with Crippen LogP contribution in [0.1, 0.15) is 10.4 Å². The minimum atomic E-state index is -0.0865. The quantitative estimate of drug-likeness (QED) is 0.735. The van der Waals surface area contributed by atoms with Crippen LogP contribution in [-0.2, 0) is 6.54 Å². The van der Waals surface area contributed by atoms with E-state index in [1.54, 1.807) is 30.9 Å². The zero-order valence-corrected chi connectivity index (χ0v) is 10.2. The van der Waals surface area contributed by atoms with Crippen LogP contribution < -0.4 is 5.32 Å². The largest absolute Gasteiger partial charge is 0.350 e. The fourth-order valence-corrected chi connectivity index (χ4v) is 1.90. The second-order valence-corrected chi connectivity index (χ2v) is 4.23. The van der Waals surface area contributed by atoms with Crippen molar-refractivity contribution in [2.75, 3.05) is 6.54 Å². The molecule has 6 nitrogen and oxygen atoms in total. The molecule has 96 valence electrons. The topological polar surface area (TPSA) is 75.6 Å². The Hall–Kier alpha value is -2.63. The molecule has 0 atom stereocenters. The summed E-state index contributed by atoms with van der Waals surface area (Å²) in [4.78, 5) is 15.9. The van der Waals surface area contributed by atoms with Crippen LogP contribution in [0.25, 0.3) is 10.9 Å². The van der Waals surface area contributed by atoms with Crippen molar-refractivity contribution in [3.05, 3.63) is 48.7 Å². The average Bonchev–Trinajstić information content (AvgIpc) is 3.08. The normalized spacial score (nSPS) is 10.7. The molecule has 0 saturated carbocycles. The fraction of sp³-hybridized carbons (Fsp3) is 0.154. The average molecular weight is 255 g/mol. The number of imidazole rings is 1. The van der Waals surface area contributed by atoms with Gasteiger partial charge >= 0.3 is 0 Å². The van der Waals surface area contributed by atoms with Gasteiger partial charge in [0.15, 0.2) is 0 Å². The molecule has 0 spiro atoms. The number of aromatic nitrogens is 4. The van der Waals surface area contributed by atoms with E-state index in [0.29, 0.717) is 18.7 Å². The summed E-state index contributed by atoms with van der Waals surface area (Å²) in [5.74, 6) is -0.0865. The second kappa shape index (κ2) is 4.93. The number of rotatable bonds is 4. The minimum Gasteiger partial charge on any atom is -0.350 e. The molecule has 0 aliphatic rings. The number of hydrogen-bond donors (Lipinski definition) is 2. The number of nitrogens with zero attached hydrogens (tertiary/aromatic N) is 3. The van der Waals surface area contributed by atoms with Crippen molar-refractivity contribution in [2.45, 2.75) is 6.54 Å². The van der Waals surface area contributed by atoms with Gasteiger partial charge in [-0.05, 0) is 12.1 Å².